The van der Waals surface area contributed by atoms with Gasteiger partial charge < -0.3 is 5.32 Å². The van der Waals surface area contributed by atoms with Crippen LogP contribution in [0.1, 0.15) is 10.5 Å². The van der Waals surface area contributed by atoms with Crippen molar-refractivity contribution in [2.24, 2.45) is 14.1 Å². The number of hydrogen-bond acceptors (Lipinski definition) is 5. The number of aryl methyl sites for hydroxylation is 1. The summed E-state index contributed by atoms with van der Waals surface area (Å²) in [4.78, 5) is 41.9. The number of carbonyl (C=O) groups excluding carboxylic acids is 1. The summed E-state index contributed by atoms with van der Waals surface area (Å²) in [6, 6.07) is 10.4. The Labute approximate surface area is 147 Å². The molecule has 0 bridgehead atoms. The van der Waals surface area contributed by atoms with Gasteiger partial charge in [-0.2, -0.15) is 0 Å². The molecule has 1 N–H and O–H groups in total. The van der Waals surface area contributed by atoms with Crippen molar-refractivity contribution in [2.75, 3.05) is 11.6 Å². The van der Waals surface area contributed by atoms with Crippen LogP contribution in [0.3, 0.4) is 0 Å². The molecule has 3 aromatic rings. The molecule has 1 aromatic carbocycles. The average Bonchev–Trinajstić information content (AvgIpc) is 2.64. The largest absolute Gasteiger partial charge is 0.332 e. The van der Waals surface area contributed by atoms with Gasteiger partial charge in [-0.15, -0.1) is 11.8 Å². The molecule has 7 nitrogen and oxygen atoms in total. The Bertz CT molecular complexity index is 1100. The SMILES string of the molecule is CSc1cccc(NC(=O)c2ccc3c(=O)n(C)c(=O)n(C)c3n2)c1. The van der Waals surface area contributed by atoms with Crippen LogP contribution in [-0.4, -0.2) is 26.3 Å². The van der Waals surface area contributed by atoms with Crippen LogP contribution in [0.2, 0.25) is 0 Å². The highest BCUT2D eigenvalue weighted by Crippen LogP contribution is 2.19. The molecule has 1 amide bonds. The minimum Gasteiger partial charge on any atom is -0.321 e. The second-order valence-electron chi connectivity index (χ2n) is 5.46. The van der Waals surface area contributed by atoms with Gasteiger partial charge >= 0.3 is 5.69 Å². The number of thioether (sulfide) groups is 1. The fraction of sp³-hybridized carbons (Fsp3) is 0.176. The molecule has 2 heterocycles. The molecule has 25 heavy (non-hydrogen) atoms. The molecule has 8 heteroatoms. The van der Waals surface area contributed by atoms with Crippen molar-refractivity contribution >= 4 is 34.4 Å². The van der Waals surface area contributed by atoms with E-state index in [1.54, 1.807) is 17.8 Å². The predicted octanol–water partition coefficient (Wildman–Crippen LogP) is 1.61. The van der Waals surface area contributed by atoms with E-state index in [2.05, 4.69) is 10.3 Å². The van der Waals surface area contributed by atoms with Crippen molar-refractivity contribution in [1.82, 2.24) is 14.1 Å². The predicted molar refractivity (Wildman–Crippen MR) is 98.4 cm³/mol. The summed E-state index contributed by atoms with van der Waals surface area (Å²) in [6.45, 7) is 0. The van der Waals surface area contributed by atoms with E-state index in [-0.39, 0.29) is 16.7 Å². The van der Waals surface area contributed by atoms with Gasteiger partial charge in [0.2, 0.25) is 0 Å². The maximum atomic E-state index is 12.5. The first-order valence-corrected chi connectivity index (χ1v) is 8.67. The Morgan fingerprint density at radius 1 is 1.12 bits per heavy atom. The molecule has 0 saturated carbocycles. The van der Waals surface area contributed by atoms with Crippen molar-refractivity contribution in [3.05, 3.63) is 62.9 Å². The number of benzene rings is 1. The van der Waals surface area contributed by atoms with Crippen molar-refractivity contribution in [2.45, 2.75) is 4.90 Å². The third-order valence-corrected chi connectivity index (χ3v) is 4.59. The van der Waals surface area contributed by atoms with Crippen LogP contribution < -0.4 is 16.6 Å². The van der Waals surface area contributed by atoms with E-state index in [4.69, 9.17) is 0 Å². The van der Waals surface area contributed by atoms with Crippen LogP contribution in [0, 0.1) is 0 Å². The second-order valence-corrected chi connectivity index (χ2v) is 6.34. The topological polar surface area (TPSA) is 86.0 Å². The average molecular weight is 356 g/mol. The molecule has 0 fully saturated rings. The van der Waals surface area contributed by atoms with E-state index >= 15 is 0 Å². The molecule has 0 aliphatic heterocycles. The van der Waals surface area contributed by atoms with Gasteiger partial charge in [-0.25, -0.2) is 9.78 Å². The number of hydrogen-bond donors (Lipinski definition) is 1. The van der Waals surface area contributed by atoms with Gasteiger partial charge in [0, 0.05) is 24.7 Å². The summed E-state index contributed by atoms with van der Waals surface area (Å²) in [7, 11) is 2.92. The highest BCUT2D eigenvalue weighted by Gasteiger charge is 2.14. The summed E-state index contributed by atoms with van der Waals surface area (Å²) in [5.74, 6) is -0.409. The van der Waals surface area contributed by atoms with E-state index in [9.17, 15) is 14.4 Å². The van der Waals surface area contributed by atoms with Gasteiger partial charge in [-0.1, -0.05) is 6.07 Å². The van der Waals surface area contributed by atoms with E-state index in [1.807, 2.05) is 24.5 Å². The van der Waals surface area contributed by atoms with Crippen molar-refractivity contribution in [3.8, 4) is 0 Å². The zero-order chi connectivity index (χ0) is 18.1. The third kappa shape index (κ3) is 3.08. The highest BCUT2D eigenvalue weighted by molar-refractivity contribution is 7.98. The number of aromatic nitrogens is 3. The number of nitrogens with zero attached hydrogens (tertiary/aromatic N) is 3. The number of rotatable bonds is 3. The molecular formula is C17H16N4O3S. The van der Waals surface area contributed by atoms with Gasteiger partial charge in [-0.05, 0) is 36.6 Å². The summed E-state index contributed by atoms with van der Waals surface area (Å²) >= 11 is 1.57. The van der Waals surface area contributed by atoms with Crippen LogP contribution >= 0.6 is 11.8 Å². The lowest BCUT2D eigenvalue weighted by Crippen LogP contribution is -2.37. The zero-order valence-corrected chi connectivity index (χ0v) is 14.8. The first-order valence-electron chi connectivity index (χ1n) is 7.44. The molecular weight excluding hydrogens is 340 g/mol. The molecule has 2 aromatic heterocycles. The fourth-order valence-electron chi connectivity index (χ4n) is 2.48. The normalized spacial score (nSPS) is 10.8. The zero-order valence-electron chi connectivity index (χ0n) is 13.9. The minimum atomic E-state index is -0.491. The number of pyridine rings is 1. The quantitative estimate of drug-likeness (QED) is 0.721. The van der Waals surface area contributed by atoms with Gasteiger partial charge in [0.05, 0.1) is 5.39 Å². The number of carbonyl (C=O) groups is 1. The molecule has 128 valence electrons. The highest BCUT2D eigenvalue weighted by atomic mass is 32.2. The smallest absolute Gasteiger partial charge is 0.321 e. The number of fused-ring (bicyclic) bond motifs is 1. The van der Waals surface area contributed by atoms with E-state index < -0.39 is 17.2 Å². The van der Waals surface area contributed by atoms with Crippen molar-refractivity contribution in [3.63, 3.8) is 0 Å². The minimum absolute atomic E-state index is 0.130. The van der Waals surface area contributed by atoms with Crippen LogP contribution in [-0.2, 0) is 14.1 Å². The second kappa shape index (κ2) is 6.56. The lowest BCUT2D eigenvalue weighted by atomic mass is 10.2. The van der Waals surface area contributed by atoms with E-state index in [0.29, 0.717) is 5.69 Å². The van der Waals surface area contributed by atoms with Gasteiger partial charge in [0.25, 0.3) is 11.5 Å². The Kier molecular flexibility index (Phi) is 4.45. The van der Waals surface area contributed by atoms with Crippen LogP contribution in [0.4, 0.5) is 5.69 Å². The summed E-state index contributed by atoms with van der Waals surface area (Å²) < 4.78 is 2.26. The number of amides is 1. The third-order valence-electron chi connectivity index (χ3n) is 3.86. The first kappa shape index (κ1) is 17.0. The Morgan fingerprint density at radius 2 is 1.88 bits per heavy atom. The molecule has 0 saturated heterocycles. The van der Waals surface area contributed by atoms with E-state index in [1.165, 1.54) is 30.8 Å². The maximum absolute atomic E-state index is 12.5. The van der Waals surface area contributed by atoms with E-state index in [0.717, 1.165) is 9.46 Å². The number of anilines is 1. The molecule has 0 spiro atoms. The lowest BCUT2D eigenvalue weighted by Gasteiger charge is -2.09. The van der Waals surface area contributed by atoms with Gasteiger partial charge in [0.1, 0.15) is 11.3 Å². The molecule has 0 aliphatic carbocycles. The summed E-state index contributed by atoms with van der Waals surface area (Å²) in [6.07, 6.45) is 1.95. The fourth-order valence-corrected chi connectivity index (χ4v) is 2.94. The van der Waals surface area contributed by atoms with Crippen LogP contribution in [0.25, 0.3) is 11.0 Å². The van der Waals surface area contributed by atoms with Crippen LogP contribution in [0.15, 0.2) is 50.9 Å². The van der Waals surface area contributed by atoms with Gasteiger partial charge in [-0.3, -0.25) is 18.7 Å². The van der Waals surface area contributed by atoms with Crippen molar-refractivity contribution in [1.29, 1.82) is 0 Å². The Balaban J connectivity index is 2.03. The molecule has 0 atom stereocenters. The summed E-state index contributed by atoms with van der Waals surface area (Å²) in [5, 5.41) is 3.06. The molecule has 0 radical (unpaired) electrons. The molecule has 0 unspecified atom stereocenters. The number of nitrogens with one attached hydrogen (secondary N) is 1. The van der Waals surface area contributed by atoms with Crippen LogP contribution in [0.5, 0.6) is 0 Å². The van der Waals surface area contributed by atoms with Gasteiger partial charge in [0.15, 0.2) is 0 Å². The summed E-state index contributed by atoms with van der Waals surface area (Å²) in [5.41, 5.74) is 0.0287. The molecule has 3 rings (SSSR count). The first-order chi connectivity index (χ1) is 11.9. The van der Waals surface area contributed by atoms with Crippen molar-refractivity contribution < 1.29 is 4.79 Å². The lowest BCUT2D eigenvalue weighted by molar-refractivity contribution is 0.102. The Hall–Kier alpha value is -2.87. The monoisotopic (exact) mass is 356 g/mol. The maximum Gasteiger partial charge on any atom is 0.332 e. The molecule has 0 aliphatic rings. The standard InChI is InChI=1S/C17H16N4O3S/c1-20-14-12(16(23)21(2)17(20)24)7-8-13(19-14)15(22)18-10-5-4-6-11(9-10)25-3/h4-9H,1-3H3,(H,18,22). The Morgan fingerprint density at radius 3 is 2.60 bits per heavy atom.